The van der Waals surface area contributed by atoms with Gasteiger partial charge in [-0.2, -0.15) is 0 Å². The third-order valence-electron chi connectivity index (χ3n) is 3.33. The van der Waals surface area contributed by atoms with Crippen molar-refractivity contribution in [3.8, 4) is 0 Å². The van der Waals surface area contributed by atoms with Gasteiger partial charge in [-0.25, -0.2) is 0 Å². The average Bonchev–Trinajstić information content (AvgIpc) is 2.36. The molecular weight excluding hydrogens is 226 g/mol. The summed E-state index contributed by atoms with van der Waals surface area (Å²) in [6, 6.07) is 8.82. The number of aryl methyl sites for hydroxylation is 1. The SMILES string of the molecule is Cc1cccc(SCCCN2CCCCC2)c1. The van der Waals surface area contributed by atoms with Gasteiger partial charge in [0.25, 0.3) is 0 Å². The fraction of sp³-hybridized carbons (Fsp3) is 0.600. The van der Waals surface area contributed by atoms with Gasteiger partial charge in [0.15, 0.2) is 0 Å². The van der Waals surface area contributed by atoms with E-state index in [-0.39, 0.29) is 0 Å². The minimum atomic E-state index is 1.25. The fourth-order valence-electron chi connectivity index (χ4n) is 2.37. The Hall–Kier alpha value is -0.470. The number of rotatable bonds is 5. The van der Waals surface area contributed by atoms with Crippen molar-refractivity contribution in [3.63, 3.8) is 0 Å². The van der Waals surface area contributed by atoms with Gasteiger partial charge in [0.05, 0.1) is 0 Å². The van der Waals surface area contributed by atoms with Crippen LogP contribution in [0, 0.1) is 6.92 Å². The largest absolute Gasteiger partial charge is 0.303 e. The predicted octanol–water partition coefficient (Wildman–Crippen LogP) is 3.96. The monoisotopic (exact) mass is 249 g/mol. The maximum Gasteiger partial charge on any atom is 0.00745 e. The molecule has 0 aliphatic carbocycles. The van der Waals surface area contributed by atoms with E-state index in [9.17, 15) is 0 Å². The Labute approximate surface area is 110 Å². The van der Waals surface area contributed by atoms with Gasteiger partial charge in [-0.1, -0.05) is 24.1 Å². The molecule has 1 aromatic rings. The number of thioether (sulfide) groups is 1. The zero-order chi connectivity index (χ0) is 11.9. The van der Waals surface area contributed by atoms with Crippen LogP contribution in [0.3, 0.4) is 0 Å². The lowest BCUT2D eigenvalue weighted by Crippen LogP contribution is -2.30. The summed E-state index contributed by atoms with van der Waals surface area (Å²) in [5.41, 5.74) is 1.37. The van der Waals surface area contributed by atoms with Crippen LogP contribution in [0.1, 0.15) is 31.2 Å². The lowest BCUT2D eigenvalue weighted by atomic mass is 10.1. The number of piperidine rings is 1. The van der Waals surface area contributed by atoms with Crippen molar-refractivity contribution in [1.82, 2.24) is 4.90 Å². The quantitative estimate of drug-likeness (QED) is 0.574. The van der Waals surface area contributed by atoms with Gasteiger partial charge < -0.3 is 4.90 Å². The van der Waals surface area contributed by atoms with Crippen LogP contribution < -0.4 is 0 Å². The minimum absolute atomic E-state index is 1.25. The lowest BCUT2D eigenvalue weighted by Gasteiger charge is -2.26. The van der Waals surface area contributed by atoms with E-state index in [4.69, 9.17) is 0 Å². The van der Waals surface area contributed by atoms with Gasteiger partial charge in [0, 0.05) is 4.90 Å². The Morgan fingerprint density at radius 3 is 2.76 bits per heavy atom. The first kappa shape index (κ1) is 13.0. The molecule has 0 unspecified atom stereocenters. The average molecular weight is 249 g/mol. The lowest BCUT2D eigenvalue weighted by molar-refractivity contribution is 0.230. The van der Waals surface area contributed by atoms with Gasteiger partial charge in [-0.15, -0.1) is 11.8 Å². The molecule has 0 saturated carbocycles. The molecule has 1 fully saturated rings. The Morgan fingerprint density at radius 2 is 2.00 bits per heavy atom. The van der Waals surface area contributed by atoms with E-state index in [1.165, 1.54) is 61.5 Å². The van der Waals surface area contributed by atoms with Crippen LogP contribution in [-0.4, -0.2) is 30.3 Å². The van der Waals surface area contributed by atoms with E-state index in [1.54, 1.807) is 0 Å². The van der Waals surface area contributed by atoms with Crippen LogP contribution in [0.25, 0.3) is 0 Å². The maximum atomic E-state index is 2.63. The molecule has 0 N–H and O–H groups in total. The molecule has 17 heavy (non-hydrogen) atoms. The molecule has 0 aromatic heterocycles. The molecule has 1 nitrogen and oxygen atoms in total. The highest BCUT2D eigenvalue weighted by atomic mass is 32.2. The molecular formula is C15H23NS. The molecule has 0 atom stereocenters. The van der Waals surface area contributed by atoms with Crippen LogP contribution in [0.5, 0.6) is 0 Å². The second kappa shape index (κ2) is 7.07. The Kier molecular flexibility index (Phi) is 5.40. The Balaban J connectivity index is 1.62. The van der Waals surface area contributed by atoms with E-state index in [0.29, 0.717) is 0 Å². The summed E-state index contributed by atoms with van der Waals surface area (Å²) in [5, 5.41) is 0. The summed E-state index contributed by atoms with van der Waals surface area (Å²) in [4.78, 5) is 4.05. The molecule has 2 rings (SSSR count). The normalized spacial score (nSPS) is 17.2. The van der Waals surface area contributed by atoms with E-state index < -0.39 is 0 Å². The number of benzene rings is 1. The first-order valence-corrected chi connectivity index (χ1v) is 7.75. The second-order valence-corrected chi connectivity index (χ2v) is 6.09. The van der Waals surface area contributed by atoms with Crippen LogP contribution in [0.15, 0.2) is 29.2 Å². The number of likely N-dealkylation sites (tertiary alicyclic amines) is 1. The summed E-state index contributed by atoms with van der Waals surface area (Å²) in [6.45, 7) is 6.11. The highest BCUT2D eigenvalue weighted by Crippen LogP contribution is 2.20. The predicted molar refractivity (Wildman–Crippen MR) is 76.8 cm³/mol. The van der Waals surface area contributed by atoms with E-state index in [0.717, 1.165) is 0 Å². The van der Waals surface area contributed by atoms with Crippen molar-refractivity contribution in [1.29, 1.82) is 0 Å². The molecule has 0 spiro atoms. The summed E-state index contributed by atoms with van der Waals surface area (Å²) in [6.07, 6.45) is 5.57. The third kappa shape index (κ3) is 4.72. The zero-order valence-corrected chi connectivity index (χ0v) is 11.6. The molecule has 0 radical (unpaired) electrons. The van der Waals surface area contributed by atoms with E-state index >= 15 is 0 Å². The number of nitrogens with zero attached hydrogens (tertiary/aromatic N) is 1. The molecule has 2 heteroatoms. The first-order chi connectivity index (χ1) is 8.34. The fourth-order valence-corrected chi connectivity index (χ4v) is 3.32. The maximum absolute atomic E-state index is 2.63. The van der Waals surface area contributed by atoms with Gasteiger partial charge in [-0.3, -0.25) is 0 Å². The van der Waals surface area contributed by atoms with Crippen molar-refractivity contribution < 1.29 is 0 Å². The van der Waals surface area contributed by atoms with Gasteiger partial charge in [0.1, 0.15) is 0 Å². The molecule has 0 amide bonds. The Bertz CT molecular complexity index is 331. The molecule has 1 aliphatic heterocycles. The third-order valence-corrected chi connectivity index (χ3v) is 4.41. The molecule has 1 saturated heterocycles. The standard InChI is InChI=1S/C15H23NS/c1-14-7-5-8-15(13-14)17-12-6-11-16-9-3-2-4-10-16/h5,7-8,13H,2-4,6,9-12H2,1H3. The van der Waals surface area contributed by atoms with Gasteiger partial charge in [-0.05, 0) is 63.7 Å². The van der Waals surface area contributed by atoms with Crippen molar-refractivity contribution >= 4 is 11.8 Å². The number of hydrogen-bond donors (Lipinski definition) is 0. The minimum Gasteiger partial charge on any atom is -0.303 e. The molecule has 94 valence electrons. The highest BCUT2D eigenvalue weighted by molar-refractivity contribution is 7.99. The first-order valence-electron chi connectivity index (χ1n) is 6.76. The molecule has 0 bridgehead atoms. The smallest absolute Gasteiger partial charge is 0.00745 e. The summed E-state index contributed by atoms with van der Waals surface area (Å²) < 4.78 is 0. The number of hydrogen-bond acceptors (Lipinski definition) is 2. The van der Waals surface area contributed by atoms with Crippen LogP contribution in [0.4, 0.5) is 0 Å². The van der Waals surface area contributed by atoms with E-state index in [2.05, 4.69) is 36.1 Å². The van der Waals surface area contributed by atoms with Crippen LogP contribution in [0.2, 0.25) is 0 Å². The van der Waals surface area contributed by atoms with Crippen LogP contribution >= 0.6 is 11.8 Å². The van der Waals surface area contributed by atoms with Crippen molar-refractivity contribution in [2.75, 3.05) is 25.4 Å². The summed E-state index contributed by atoms with van der Waals surface area (Å²) >= 11 is 2.00. The topological polar surface area (TPSA) is 3.24 Å². The summed E-state index contributed by atoms with van der Waals surface area (Å²) in [7, 11) is 0. The van der Waals surface area contributed by atoms with Crippen molar-refractivity contribution in [3.05, 3.63) is 29.8 Å². The van der Waals surface area contributed by atoms with Gasteiger partial charge >= 0.3 is 0 Å². The Morgan fingerprint density at radius 1 is 1.18 bits per heavy atom. The van der Waals surface area contributed by atoms with Crippen molar-refractivity contribution in [2.24, 2.45) is 0 Å². The highest BCUT2D eigenvalue weighted by Gasteiger charge is 2.08. The summed E-state index contributed by atoms with van der Waals surface area (Å²) in [5.74, 6) is 1.25. The second-order valence-electron chi connectivity index (χ2n) is 4.92. The van der Waals surface area contributed by atoms with E-state index in [1.807, 2.05) is 11.8 Å². The zero-order valence-electron chi connectivity index (χ0n) is 10.8. The molecule has 1 aliphatic rings. The van der Waals surface area contributed by atoms with Gasteiger partial charge in [0.2, 0.25) is 0 Å². The van der Waals surface area contributed by atoms with Crippen molar-refractivity contribution in [2.45, 2.75) is 37.5 Å². The molecule has 1 aromatic carbocycles. The van der Waals surface area contributed by atoms with Crippen LogP contribution in [-0.2, 0) is 0 Å². The molecule has 1 heterocycles.